The van der Waals surface area contributed by atoms with Crippen LogP contribution >= 0.6 is 11.6 Å². The van der Waals surface area contributed by atoms with E-state index >= 15 is 0 Å². The first-order chi connectivity index (χ1) is 16.3. The van der Waals surface area contributed by atoms with E-state index in [2.05, 4.69) is 25.5 Å². The largest absolute Gasteiger partial charge is 0.452 e. The monoisotopic (exact) mass is 522 g/mol. The number of likely N-dealkylation sites (tertiary alicyclic amines) is 1. The molecule has 4 rings (SSSR count). The summed E-state index contributed by atoms with van der Waals surface area (Å²) < 4.78 is 46.1. The van der Waals surface area contributed by atoms with Gasteiger partial charge in [0, 0.05) is 18.3 Å². The Bertz CT molecular complexity index is 1270. The van der Waals surface area contributed by atoms with E-state index in [1.54, 1.807) is 4.90 Å². The Morgan fingerprint density at radius 3 is 2.51 bits per heavy atom. The number of carbonyl (C=O) groups excluding carboxylic acids is 2. The number of rotatable bonds is 6. The van der Waals surface area contributed by atoms with E-state index in [4.69, 9.17) is 16.3 Å². The van der Waals surface area contributed by atoms with Gasteiger partial charge in [-0.15, -0.1) is 0 Å². The molecule has 1 amide bonds. The molecule has 35 heavy (non-hydrogen) atoms. The van der Waals surface area contributed by atoms with Gasteiger partial charge in [-0.1, -0.05) is 32.4 Å². The summed E-state index contributed by atoms with van der Waals surface area (Å²) in [5, 5.41) is -0.00512. The lowest BCUT2D eigenvalue weighted by Gasteiger charge is -2.39. The molecular weight excluding hydrogens is 495 g/mol. The Morgan fingerprint density at radius 1 is 1.14 bits per heavy atom. The lowest BCUT2D eigenvalue weighted by Crippen LogP contribution is -2.39. The Hall–Kier alpha value is -2.65. The van der Waals surface area contributed by atoms with E-state index in [0.29, 0.717) is 6.54 Å². The standard InChI is InChI=1S/C25H28ClFN2O5S/c1-24(2)11-18-12-25(3,14-24)15-29(18)22(30)13-34-23(31)20-10-19(8-9-21(20)26)35(32,33)28-17-6-4-16(27)5-7-17/h4-10,18,28H,11-15H2,1-3H3. The Kier molecular flexibility index (Phi) is 6.61. The minimum atomic E-state index is -4.09. The predicted molar refractivity (Wildman–Crippen MR) is 130 cm³/mol. The van der Waals surface area contributed by atoms with Crippen molar-refractivity contribution in [3.63, 3.8) is 0 Å². The van der Waals surface area contributed by atoms with Gasteiger partial charge in [0.15, 0.2) is 6.61 Å². The third-order valence-electron chi connectivity index (χ3n) is 6.63. The van der Waals surface area contributed by atoms with Gasteiger partial charge >= 0.3 is 5.97 Å². The van der Waals surface area contributed by atoms with Crippen molar-refractivity contribution in [2.45, 2.75) is 51.0 Å². The zero-order valence-electron chi connectivity index (χ0n) is 19.8. The Labute approximate surface area is 209 Å². The summed E-state index contributed by atoms with van der Waals surface area (Å²) in [5.41, 5.74) is 0.180. The van der Waals surface area contributed by atoms with Crippen molar-refractivity contribution in [1.29, 1.82) is 0 Å². The van der Waals surface area contributed by atoms with Gasteiger partial charge in [-0.05, 0) is 72.6 Å². The van der Waals surface area contributed by atoms with Gasteiger partial charge in [0.2, 0.25) is 0 Å². The number of hydrogen-bond acceptors (Lipinski definition) is 5. The van der Waals surface area contributed by atoms with Crippen LogP contribution in [0.4, 0.5) is 10.1 Å². The molecule has 2 unspecified atom stereocenters. The van der Waals surface area contributed by atoms with E-state index in [0.717, 1.165) is 37.5 Å². The molecule has 0 aromatic heterocycles. The van der Waals surface area contributed by atoms with E-state index in [1.807, 2.05) is 0 Å². The van der Waals surface area contributed by atoms with Crippen molar-refractivity contribution in [2.24, 2.45) is 10.8 Å². The van der Waals surface area contributed by atoms with E-state index in [9.17, 15) is 22.4 Å². The van der Waals surface area contributed by atoms with E-state index in [1.165, 1.54) is 24.3 Å². The second kappa shape index (κ2) is 9.09. The van der Waals surface area contributed by atoms with Crippen molar-refractivity contribution in [3.05, 3.63) is 58.9 Å². The molecule has 1 saturated carbocycles. The Morgan fingerprint density at radius 2 is 1.83 bits per heavy atom. The molecule has 1 N–H and O–H groups in total. The van der Waals surface area contributed by atoms with E-state index in [-0.39, 0.29) is 43.9 Å². The van der Waals surface area contributed by atoms with Crippen LogP contribution in [0.5, 0.6) is 0 Å². The minimum Gasteiger partial charge on any atom is -0.452 e. The molecule has 1 aliphatic heterocycles. The third-order valence-corrected chi connectivity index (χ3v) is 8.33. The smallest absolute Gasteiger partial charge is 0.340 e. The number of nitrogens with zero attached hydrogens (tertiary/aromatic N) is 1. The maximum Gasteiger partial charge on any atom is 0.340 e. The summed E-state index contributed by atoms with van der Waals surface area (Å²) in [4.78, 5) is 27.2. The van der Waals surface area contributed by atoms with Crippen LogP contribution in [0.15, 0.2) is 47.4 Å². The molecule has 2 atom stereocenters. The van der Waals surface area contributed by atoms with Gasteiger partial charge in [-0.2, -0.15) is 0 Å². The van der Waals surface area contributed by atoms with Crippen molar-refractivity contribution >= 4 is 39.2 Å². The SMILES string of the molecule is CC1(C)CC2CC(C)(CN2C(=O)COC(=O)c2cc(S(=O)(=O)Nc3ccc(F)cc3)ccc2Cl)C1. The molecule has 10 heteroatoms. The van der Waals surface area contributed by atoms with E-state index < -0.39 is 28.4 Å². The summed E-state index contributed by atoms with van der Waals surface area (Å²) in [6.07, 6.45) is 2.86. The summed E-state index contributed by atoms with van der Waals surface area (Å²) in [7, 11) is -4.09. The molecule has 2 aromatic rings. The topological polar surface area (TPSA) is 92.8 Å². The highest BCUT2D eigenvalue weighted by atomic mass is 35.5. The van der Waals surface area contributed by atoms with Crippen LogP contribution in [0.25, 0.3) is 0 Å². The van der Waals surface area contributed by atoms with Gasteiger partial charge in [0.05, 0.1) is 15.5 Å². The van der Waals surface area contributed by atoms with Gasteiger partial charge in [-0.25, -0.2) is 17.6 Å². The van der Waals surface area contributed by atoms with Gasteiger partial charge < -0.3 is 9.64 Å². The Balaban J connectivity index is 1.44. The molecule has 1 saturated heterocycles. The zero-order chi connectivity index (χ0) is 25.6. The van der Waals surface area contributed by atoms with Crippen LogP contribution in [0.1, 0.15) is 50.4 Å². The van der Waals surface area contributed by atoms with Crippen LogP contribution in [-0.4, -0.2) is 44.4 Å². The highest BCUT2D eigenvalue weighted by Gasteiger charge is 2.51. The quantitative estimate of drug-likeness (QED) is 0.547. The maximum absolute atomic E-state index is 13.1. The molecule has 0 radical (unpaired) electrons. The number of hydrogen-bond donors (Lipinski definition) is 1. The van der Waals surface area contributed by atoms with Crippen LogP contribution < -0.4 is 4.72 Å². The van der Waals surface area contributed by atoms with Crippen molar-refractivity contribution in [2.75, 3.05) is 17.9 Å². The molecule has 0 spiro atoms. The summed E-state index contributed by atoms with van der Waals surface area (Å²) in [6.45, 7) is 6.78. The molecule has 1 heterocycles. The van der Waals surface area contributed by atoms with Crippen LogP contribution in [0, 0.1) is 16.6 Å². The summed E-state index contributed by atoms with van der Waals surface area (Å²) in [6, 6.07) is 8.51. The first kappa shape index (κ1) is 25.4. The molecule has 2 fully saturated rings. The van der Waals surface area contributed by atoms with Crippen LogP contribution in [-0.2, 0) is 19.6 Å². The molecule has 2 aliphatic rings. The number of sulfonamides is 1. The number of halogens is 2. The number of anilines is 1. The lowest BCUT2D eigenvalue weighted by atomic mass is 9.65. The van der Waals surface area contributed by atoms with Gasteiger partial charge in [0.1, 0.15) is 5.82 Å². The molecule has 2 aromatic carbocycles. The van der Waals surface area contributed by atoms with Gasteiger partial charge in [-0.3, -0.25) is 9.52 Å². The van der Waals surface area contributed by atoms with Crippen molar-refractivity contribution in [1.82, 2.24) is 4.90 Å². The molecule has 7 nitrogen and oxygen atoms in total. The van der Waals surface area contributed by atoms with Gasteiger partial charge in [0.25, 0.3) is 15.9 Å². The highest BCUT2D eigenvalue weighted by molar-refractivity contribution is 7.92. The fourth-order valence-electron chi connectivity index (χ4n) is 5.60. The number of carbonyl (C=O) groups is 2. The fraction of sp³-hybridized carbons (Fsp3) is 0.440. The van der Waals surface area contributed by atoms with Crippen molar-refractivity contribution in [3.8, 4) is 0 Å². The summed E-state index contributed by atoms with van der Waals surface area (Å²) in [5.74, 6) is -1.67. The third kappa shape index (κ3) is 5.62. The number of fused-ring (bicyclic) bond motifs is 2. The van der Waals surface area contributed by atoms with Crippen molar-refractivity contribution < 1.29 is 27.1 Å². The first-order valence-electron chi connectivity index (χ1n) is 11.3. The number of amides is 1. The van der Waals surface area contributed by atoms with Crippen LogP contribution in [0.3, 0.4) is 0 Å². The molecule has 188 valence electrons. The average molecular weight is 523 g/mol. The second-order valence-electron chi connectivity index (χ2n) is 10.6. The average Bonchev–Trinajstić information content (AvgIpc) is 3.02. The first-order valence-corrected chi connectivity index (χ1v) is 13.2. The fourth-order valence-corrected chi connectivity index (χ4v) is 6.88. The predicted octanol–water partition coefficient (Wildman–Crippen LogP) is 4.86. The molecular formula is C25H28ClFN2O5S. The molecule has 1 aliphatic carbocycles. The highest BCUT2D eigenvalue weighted by Crippen LogP contribution is 2.52. The minimum absolute atomic E-state index is 0.00512. The normalized spacial score (nSPS) is 23.1. The maximum atomic E-state index is 13.1. The lowest BCUT2D eigenvalue weighted by molar-refractivity contribution is -0.135. The second-order valence-corrected chi connectivity index (χ2v) is 12.7. The molecule has 2 bridgehead atoms. The number of benzene rings is 2. The zero-order valence-corrected chi connectivity index (χ0v) is 21.4. The number of nitrogens with one attached hydrogen (secondary N) is 1. The summed E-state index contributed by atoms with van der Waals surface area (Å²) >= 11 is 6.13. The van der Waals surface area contributed by atoms with Crippen LogP contribution in [0.2, 0.25) is 5.02 Å². The number of ether oxygens (including phenoxy) is 1. The number of esters is 1.